The highest BCUT2D eigenvalue weighted by molar-refractivity contribution is 5.91. The molecule has 0 saturated carbocycles. The Morgan fingerprint density at radius 3 is 1.96 bits per heavy atom. The predicted octanol–water partition coefficient (Wildman–Crippen LogP) is 0.199. The van der Waals surface area contributed by atoms with Gasteiger partial charge in [0.1, 0.15) is 12.1 Å². The summed E-state index contributed by atoms with van der Waals surface area (Å²) in [5.41, 5.74) is 11.2. The van der Waals surface area contributed by atoms with Crippen LogP contribution in [0, 0.1) is 11.8 Å². The molecule has 7 N–H and O–H groups in total. The molecule has 146 valence electrons. The summed E-state index contributed by atoms with van der Waals surface area (Å²) in [6, 6.07) is -2.53. The Hall–Kier alpha value is -1.67. The van der Waals surface area contributed by atoms with Crippen molar-refractivity contribution in [1.82, 2.24) is 10.6 Å². The molecule has 0 rings (SSSR count). The second kappa shape index (κ2) is 11.8. The third-order valence-electron chi connectivity index (χ3n) is 3.92. The van der Waals surface area contributed by atoms with Gasteiger partial charge in [-0.2, -0.15) is 0 Å². The lowest BCUT2D eigenvalue weighted by atomic mass is 10.00. The van der Waals surface area contributed by atoms with E-state index in [0.717, 1.165) is 0 Å². The summed E-state index contributed by atoms with van der Waals surface area (Å²) in [4.78, 5) is 36.0. The Bertz CT molecular complexity index is 440. The third kappa shape index (κ3) is 9.40. The largest absolute Gasteiger partial charge is 0.480 e. The highest BCUT2D eigenvalue weighted by atomic mass is 16.4. The molecule has 0 spiro atoms. The van der Waals surface area contributed by atoms with E-state index in [1.807, 2.05) is 27.7 Å². The van der Waals surface area contributed by atoms with Gasteiger partial charge in [-0.25, -0.2) is 4.79 Å². The van der Waals surface area contributed by atoms with Crippen molar-refractivity contribution in [2.75, 3.05) is 6.54 Å². The van der Waals surface area contributed by atoms with Crippen LogP contribution in [0.2, 0.25) is 0 Å². The van der Waals surface area contributed by atoms with E-state index in [1.54, 1.807) is 0 Å². The van der Waals surface area contributed by atoms with Gasteiger partial charge in [0.2, 0.25) is 11.8 Å². The van der Waals surface area contributed by atoms with Gasteiger partial charge in [0.05, 0.1) is 6.04 Å². The molecule has 0 unspecified atom stereocenters. The number of carbonyl (C=O) groups excluding carboxylic acids is 2. The molecule has 8 nitrogen and oxygen atoms in total. The maximum Gasteiger partial charge on any atom is 0.326 e. The highest BCUT2D eigenvalue weighted by Gasteiger charge is 2.28. The molecule has 0 saturated heterocycles. The van der Waals surface area contributed by atoms with E-state index in [1.165, 1.54) is 0 Å². The molecule has 0 aliphatic heterocycles. The fraction of sp³-hybridized carbons (Fsp3) is 0.824. The third-order valence-corrected chi connectivity index (χ3v) is 3.92. The molecular weight excluding hydrogens is 324 g/mol. The van der Waals surface area contributed by atoms with Crippen LogP contribution in [0.5, 0.6) is 0 Å². The summed E-state index contributed by atoms with van der Waals surface area (Å²) in [6.45, 7) is 7.95. The number of nitrogens with one attached hydrogen (secondary N) is 2. The van der Waals surface area contributed by atoms with E-state index >= 15 is 0 Å². The van der Waals surface area contributed by atoms with Gasteiger partial charge >= 0.3 is 5.97 Å². The normalized spacial score (nSPS) is 14.9. The van der Waals surface area contributed by atoms with Crippen molar-refractivity contribution in [3.05, 3.63) is 0 Å². The zero-order valence-corrected chi connectivity index (χ0v) is 15.7. The number of rotatable bonds is 12. The quantitative estimate of drug-likeness (QED) is 0.315. The van der Waals surface area contributed by atoms with Crippen LogP contribution in [-0.2, 0) is 14.4 Å². The number of carbonyl (C=O) groups is 3. The molecule has 0 fully saturated rings. The summed E-state index contributed by atoms with van der Waals surface area (Å²) < 4.78 is 0. The number of hydrogen-bond acceptors (Lipinski definition) is 5. The summed E-state index contributed by atoms with van der Waals surface area (Å²) >= 11 is 0. The number of hydrogen-bond donors (Lipinski definition) is 5. The van der Waals surface area contributed by atoms with Gasteiger partial charge in [-0.3, -0.25) is 9.59 Å². The van der Waals surface area contributed by atoms with Crippen molar-refractivity contribution < 1.29 is 19.5 Å². The van der Waals surface area contributed by atoms with E-state index in [2.05, 4.69) is 10.6 Å². The first-order valence-corrected chi connectivity index (χ1v) is 8.89. The Morgan fingerprint density at radius 2 is 1.52 bits per heavy atom. The average Bonchev–Trinajstić information content (AvgIpc) is 2.51. The molecule has 25 heavy (non-hydrogen) atoms. The van der Waals surface area contributed by atoms with Gasteiger partial charge in [-0.15, -0.1) is 0 Å². The number of aliphatic carboxylic acids is 1. The fourth-order valence-electron chi connectivity index (χ4n) is 2.30. The maximum atomic E-state index is 12.5. The molecule has 8 heteroatoms. The van der Waals surface area contributed by atoms with E-state index in [0.29, 0.717) is 32.2 Å². The standard InChI is InChI=1S/C17H34N4O4/c1-10(2)9-13(21-16(23)14(19)11(3)4)15(22)20-12(17(24)25)7-5-6-8-18/h10-14H,5-9,18-19H2,1-4H3,(H,20,22)(H,21,23)(H,24,25)/t12-,13-,14-/m0/s1. The maximum absolute atomic E-state index is 12.5. The molecule has 0 aromatic carbocycles. The smallest absolute Gasteiger partial charge is 0.326 e. The van der Waals surface area contributed by atoms with Crippen molar-refractivity contribution in [2.45, 2.75) is 71.5 Å². The minimum Gasteiger partial charge on any atom is -0.480 e. The first kappa shape index (κ1) is 23.3. The van der Waals surface area contributed by atoms with Gasteiger partial charge in [0.15, 0.2) is 0 Å². The van der Waals surface area contributed by atoms with Crippen LogP contribution in [0.1, 0.15) is 53.4 Å². The summed E-state index contributed by atoms with van der Waals surface area (Å²) in [6.07, 6.45) is 1.99. The first-order chi connectivity index (χ1) is 11.6. The summed E-state index contributed by atoms with van der Waals surface area (Å²) in [5.74, 6) is -1.93. The van der Waals surface area contributed by atoms with Gasteiger partial charge in [-0.05, 0) is 44.1 Å². The van der Waals surface area contributed by atoms with Crippen molar-refractivity contribution in [3.8, 4) is 0 Å². The van der Waals surface area contributed by atoms with Crippen LogP contribution < -0.4 is 22.1 Å². The van der Waals surface area contributed by atoms with Crippen LogP contribution in [0.15, 0.2) is 0 Å². The van der Waals surface area contributed by atoms with E-state index in [9.17, 15) is 19.5 Å². The Labute approximate surface area is 150 Å². The number of unbranched alkanes of at least 4 members (excludes halogenated alkanes) is 1. The van der Waals surface area contributed by atoms with Crippen LogP contribution >= 0.6 is 0 Å². The van der Waals surface area contributed by atoms with Crippen LogP contribution in [0.3, 0.4) is 0 Å². The van der Waals surface area contributed by atoms with E-state index in [-0.39, 0.29) is 11.8 Å². The van der Waals surface area contributed by atoms with Gasteiger partial charge in [0, 0.05) is 0 Å². The molecule has 0 aliphatic carbocycles. The zero-order chi connectivity index (χ0) is 19.6. The van der Waals surface area contributed by atoms with Gasteiger partial charge in [-0.1, -0.05) is 27.7 Å². The average molecular weight is 358 g/mol. The molecule has 2 amide bonds. The zero-order valence-electron chi connectivity index (χ0n) is 15.7. The number of amides is 2. The Balaban J connectivity index is 4.96. The minimum atomic E-state index is -1.10. The van der Waals surface area contributed by atoms with Crippen LogP contribution in [0.25, 0.3) is 0 Å². The predicted molar refractivity (Wildman–Crippen MR) is 96.7 cm³/mol. The minimum absolute atomic E-state index is 0.0641. The molecule has 0 heterocycles. The van der Waals surface area contributed by atoms with Crippen molar-refractivity contribution >= 4 is 17.8 Å². The molecule has 0 aromatic heterocycles. The lowest BCUT2D eigenvalue weighted by Gasteiger charge is -2.25. The molecule has 0 bridgehead atoms. The van der Waals surface area contributed by atoms with E-state index < -0.39 is 35.9 Å². The topological polar surface area (TPSA) is 148 Å². The van der Waals surface area contributed by atoms with Crippen LogP contribution in [0.4, 0.5) is 0 Å². The number of carboxylic acids is 1. The second-order valence-electron chi connectivity index (χ2n) is 7.14. The lowest BCUT2D eigenvalue weighted by Crippen LogP contribution is -2.55. The summed E-state index contributed by atoms with van der Waals surface area (Å²) in [7, 11) is 0. The van der Waals surface area contributed by atoms with Crippen LogP contribution in [-0.4, -0.2) is 47.6 Å². The van der Waals surface area contributed by atoms with Crippen molar-refractivity contribution in [2.24, 2.45) is 23.3 Å². The molecule has 0 radical (unpaired) electrons. The molecule has 3 atom stereocenters. The number of nitrogens with two attached hydrogens (primary N) is 2. The fourth-order valence-corrected chi connectivity index (χ4v) is 2.30. The van der Waals surface area contributed by atoms with Gasteiger partial charge in [0.25, 0.3) is 0 Å². The molecule has 0 aliphatic rings. The van der Waals surface area contributed by atoms with E-state index in [4.69, 9.17) is 11.5 Å². The summed E-state index contributed by atoms with van der Waals surface area (Å²) in [5, 5.41) is 14.4. The SMILES string of the molecule is CC(C)C[C@H](NC(=O)[C@@H](N)C(C)C)C(=O)N[C@@H](CCCCN)C(=O)O. The highest BCUT2D eigenvalue weighted by Crippen LogP contribution is 2.08. The molecule has 0 aromatic rings. The molecular formula is C17H34N4O4. The van der Waals surface area contributed by atoms with Crippen molar-refractivity contribution in [1.29, 1.82) is 0 Å². The Kier molecular flexibility index (Phi) is 11.0. The van der Waals surface area contributed by atoms with Crippen molar-refractivity contribution in [3.63, 3.8) is 0 Å². The Morgan fingerprint density at radius 1 is 0.960 bits per heavy atom. The second-order valence-corrected chi connectivity index (χ2v) is 7.14. The lowest BCUT2D eigenvalue weighted by molar-refractivity contribution is -0.142. The first-order valence-electron chi connectivity index (χ1n) is 8.89. The number of carboxylic acid groups (broad SMARTS) is 1. The monoisotopic (exact) mass is 358 g/mol. The van der Waals surface area contributed by atoms with Gasteiger partial charge < -0.3 is 27.2 Å².